The number of esters is 1. The van der Waals surface area contributed by atoms with Crippen molar-refractivity contribution >= 4 is 51.6 Å². The average Bonchev–Trinajstić information content (AvgIpc) is 3.42. The molecule has 0 fully saturated rings. The van der Waals surface area contributed by atoms with Crippen LogP contribution >= 0.6 is 34.7 Å². The maximum Gasteiger partial charge on any atom is 0.341 e. The van der Waals surface area contributed by atoms with Crippen molar-refractivity contribution in [2.45, 2.75) is 56.8 Å². The van der Waals surface area contributed by atoms with Gasteiger partial charge in [0.15, 0.2) is 11.0 Å². The molecule has 0 saturated heterocycles. The van der Waals surface area contributed by atoms with Gasteiger partial charge in [-0.25, -0.2) is 9.18 Å². The van der Waals surface area contributed by atoms with E-state index in [-0.39, 0.29) is 23.3 Å². The molecular weight excluding hydrogens is 551 g/mol. The lowest BCUT2D eigenvalue weighted by Gasteiger charge is -2.11. The number of carbonyl (C=O) groups is 2. The number of nitrogens with one attached hydrogen (secondary N) is 1. The monoisotopic (exact) mass is 578 g/mol. The van der Waals surface area contributed by atoms with Crippen LogP contribution in [0.4, 0.5) is 9.39 Å². The highest BCUT2D eigenvalue weighted by molar-refractivity contribution is 7.99. The maximum absolute atomic E-state index is 13.3. The number of rotatable bonds is 10. The molecule has 1 aliphatic carbocycles. The van der Waals surface area contributed by atoms with E-state index in [4.69, 9.17) is 21.1 Å². The van der Waals surface area contributed by atoms with E-state index in [1.807, 2.05) is 0 Å². The molecule has 0 spiro atoms. The molecule has 0 atom stereocenters. The molecule has 1 aromatic carbocycles. The molecule has 3 aromatic rings. The fourth-order valence-electron chi connectivity index (χ4n) is 4.20. The number of aryl methyl sites for hydroxylation is 1. The molecule has 0 radical (unpaired) electrons. The lowest BCUT2D eigenvalue weighted by molar-refractivity contribution is -0.113. The van der Waals surface area contributed by atoms with E-state index in [1.54, 1.807) is 10.6 Å². The molecule has 1 amide bonds. The SMILES string of the molecule is C=CCn1c(COc2ccc(F)cc2Cl)nnc1SCC(=O)Nc1sc2c(c1C(=O)OC)CCCCCC2. The van der Waals surface area contributed by atoms with E-state index < -0.39 is 11.8 Å². The van der Waals surface area contributed by atoms with Crippen LogP contribution < -0.4 is 10.1 Å². The van der Waals surface area contributed by atoms with Crippen LogP contribution in [0.2, 0.25) is 5.02 Å². The van der Waals surface area contributed by atoms with Crippen LogP contribution in [0.15, 0.2) is 36.0 Å². The summed E-state index contributed by atoms with van der Waals surface area (Å²) in [5.41, 5.74) is 1.47. The van der Waals surface area contributed by atoms with E-state index in [9.17, 15) is 14.0 Å². The van der Waals surface area contributed by atoms with Crippen molar-refractivity contribution in [2.75, 3.05) is 18.2 Å². The van der Waals surface area contributed by atoms with Crippen LogP contribution in [0.3, 0.4) is 0 Å². The number of amides is 1. The second-order valence-electron chi connectivity index (χ2n) is 8.61. The van der Waals surface area contributed by atoms with Gasteiger partial charge in [0.25, 0.3) is 0 Å². The number of carbonyl (C=O) groups excluding carboxylic acids is 2. The summed E-state index contributed by atoms with van der Waals surface area (Å²) in [6, 6.07) is 3.87. The Balaban J connectivity index is 1.44. The molecule has 12 heteroatoms. The van der Waals surface area contributed by atoms with Gasteiger partial charge in [-0.15, -0.1) is 28.1 Å². The van der Waals surface area contributed by atoms with Gasteiger partial charge in [0.2, 0.25) is 5.91 Å². The zero-order valence-electron chi connectivity index (χ0n) is 20.9. The third-order valence-corrected chi connectivity index (χ3v) is 8.47. The lowest BCUT2D eigenvalue weighted by Crippen LogP contribution is -2.17. The number of ether oxygens (including phenoxy) is 2. The summed E-state index contributed by atoms with van der Waals surface area (Å²) >= 11 is 8.71. The fourth-order valence-corrected chi connectivity index (χ4v) is 6.48. The normalized spacial score (nSPS) is 13.2. The standard InChI is InChI=1S/C26H28ClFN4O4S2/c1-3-12-32-21(14-36-19-11-10-16(28)13-18(19)27)30-31-26(32)37-15-22(33)29-24-23(25(34)35-2)17-8-6-4-5-7-9-20(17)38-24/h3,10-11,13H,1,4-9,12,14-15H2,2H3,(H,29,33). The molecule has 4 rings (SSSR count). The molecule has 0 saturated carbocycles. The van der Waals surface area contributed by atoms with Gasteiger partial charge in [-0.05, 0) is 49.4 Å². The number of halogens is 2. The minimum atomic E-state index is -0.457. The maximum atomic E-state index is 13.3. The molecular formula is C26H28ClFN4O4S2. The van der Waals surface area contributed by atoms with E-state index >= 15 is 0 Å². The van der Waals surface area contributed by atoms with Crippen molar-refractivity contribution in [3.63, 3.8) is 0 Å². The number of hydrogen-bond acceptors (Lipinski definition) is 8. The number of anilines is 1. The molecule has 202 valence electrons. The first kappa shape index (κ1) is 28.1. The number of nitrogens with zero attached hydrogens (tertiary/aromatic N) is 3. The highest BCUT2D eigenvalue weighted by Crippen LogP contribution is 2.37. The summed E-state index contributed by atoms with van der Waals surface area (Å²) in [6.07, 6.45) is 7.76. The van der Waals surface area contributed by atoms with Crippen LogP contribution in [-0.4, -0.2) is 39.5 Å². The first-order chi connectivity index (χ1) is 18.4. The van der Waals surface area contributed by atoms with Gasteiger partial charge in [-0.3, -0.25) is 9.36 Å². The number of aromatic nitrogens is 3. The summed E-state index contributed by atoms with van der Waals surface area (Å²) in [7, 11) is 1.36. The molecule has 8 nitrogen and oxygen atoms in total. The van der Waals surface area contributed by atoms with Gasteiger partial charge >= 0.3 is 5.97 Å². The summed E-state index contributed by atoms with van der Waals surface area (Å²) in [5.74, 6) is -0.272. The lowest BCUT2D eigenvalue weighted by atomic mass is 9.96. The summed E-state index contributed by atoms with van der Waals surface area (Å²) in [6.45, 7) is 4.22. The van der Waals surface area contributed by atoms with Crippen LogP contribution in [0.1, 0.15) is 52.3 Å². The smallest absolute Gasteiger partial charge is 0.341 e. The first-order valence-electron chi connectivity index (χ1n) is 12.2. The molecule has 2 aromatic heterocycles. The quantitative estimate of drug-likeness (QED) is 0.177. The van der Waals surface area contributed by atoms with E-state index in [2.05, 4.69) is 22.1 Å². The van der Waals surface area contributed by atoms with Gasteiger partial charge in [0, 0.05) is 11.4 Å². The van der Waals surface area contributed by atoms with Crippen molar-refractivity contribution in [3.8, 4) is 5.75 Å². The molecule has 1 N–H and O–H groups in total. The topological polar surface area (TPSA) is 95.3 Å². The average molecular weight is 579 g/mol. The summed E-state index contributed by atoms with van der Waals surface area (Å²) in [4.78, 5) is 26.7. The predicted octanol–water partition coefficient (Wildman–Crippen LogP) is 6.07. The molecule has 2 heterocycles. The second-order valence-corrected chi connectivity index (χ2v) is 11.1. The number of methoxy groups -OCH3 is 1. The third-order valence-electron chi connectivity index (χ3n) is 6.00. The van der Waals surface area contributed by atoms with Crippen LogP contribution in [0.25, 0.3) is 0 Å². The Morgan fingerprint density at radius 2 is 2.05 bits per heavy atom. The highest BCUT2D eigenvalue weighted by atomic mass is 35.5. The van der Waals surface area contributed by atoms with Crippen molar-refractivity contribution in [2.24, 2.45) is 0 Å². The Morgan fingerprint density at radius 1 is 1.26 bits per heavy atom. The Hall–Kier alpha value is -2.89. The van der Waals surface area contributed by atoms with E-state index in [1.165, 1.54) is 54.8 Å². The van der Waals surface area contributed by atoms with E-state index in [0.717, 1.165) is 42.5 Å². The minimum Gasteiger partial charge on any atom is -0.484 e. The zero-order valence-corrected chi connectivity index (χ0v) is 23.3. The number of benzene rings is 1. The predicted molar refractivity (Wildman–Crippen MR) is 147 cm³/mol. The van der Waals surface area contributed by atoms with Crippen molar-refractivity contribution in [3.05, 3.63) is 63.5 Å². The van der Waals surface area contributed by atoms with Gasteiger partial charge in [0.1, 0.15) is 23.2 Å². The van der Waals surface area contributed by atoms with Gasteiger partial charge in [0.05, 0.1) is 23.4 Å². The third kappa shape index (κ3) is 6.75. The Bertz CT molecular complexity index is 1330. The van der Waals surface area contributed by atoms with Crippen molar-refractivity contribution in [1.82, 2.24) is 14.8 Å². The minimum absolute atomic E-state index is 0.0438. The van der Waals surface area contributed by atoms with Crippen molar-refractivity contribution in [1.29, 1.82) is 0 Å². The molecule has 38 heavy (non-hydrogen) atoms. The van der Waals surface area contributed by atoms with Crippen LogP contribution in [0.5, 0.6) is 5.75 Å². The number of thiophene rings is 1. The van der Waals surface area contributed by atoms with E-state index in [0.29, 0.717) is 33.8 Å². The first-order valence-corrected chi connectivity index (χ1v) is 14.4. The molecule has 0 aliphatic heterocycles. The van der Waals surface area contributed by atoms with Gasteiger partial charge in [-0.2, -0.15) is 0 Å². The largest absolute Gasteiger partial charge is 0.484 e. The van der Waals surface area contributed by atoms with Gasteiger partial charge < -0.3 is 14.8 Å². The summed E-state index contributed by atoms with van der Waals surface area (Å²) < 4.78 is 25.8. The number of allylic oxidation sites excluding steroid dienone is 1. The molecule has 0 bridgehead atoms. The Kier molecular flexibility index (Phi) is 9.81. The Labute approximate surface area is 233 Å². The molecule has 0 unspecified atom stereocenters. The van der Waals surface area contributed by atoms with Crippen LogP contribution in [-0.2, 0) is 35.5 Å². The Morgan fingerprint density at radius 3 is 2.79 bits per heavy atom. The fraction of sp³-hybridized carbons (Fsp3) is 0.385. The number of fused-ring (bicyclic) bond motifs is 1. The summed E-state index contributed by atoms with van der Waals surface area (Å²) in [5, 5.41) is 12.5. The van der Waals surface area contributed by atoms with Crippen molar-refractivity contribution < 1.29 is 23.5 Å². The highest BCUT2D eigenvalue weighted by Gasteiger charge is 2.26. The van der Waals surface area contributed by atoms with Gasteiger partial charge in [-0.1, -0.05) is 42.3 Å². The van der Waals surface area contributed by atoms with Crippen LogP contribution in [0, 0.1) is 5.82 Å². The number of hydrogen-bond donors (Lipinski definition) is 1. The second kappa shape index (κ2) is 13.3. The molecule has 1 aliphatic rings. The zero-order chi connectivity index (χ0) is 27.1. The number of thioether (sulfide) groups is 1.